The van der Waals surface area contributed by atoms with Gasteiger partial charge in [0.2, 0.25) is 17.7 Å². The number of nitrogens with zero attached hydrogens (tertiary/aromatic N) is 1. The number of hydrogen-bond acceptors (Lipinski definition) is 4. The van der Waals surface area contributed by atoms with Crippen molar-refractivity contribution in [3.8, 4) is 0 Å². The number of para-hydroxylation sites is 1. The van der Waals surface area contributed by atoms with Crippen LogP contribution in [0.25, 0.3) is 0 Å². The van der Waals surface area contributed by atoms with E-state index in [9.17, 15) is 14.4 Å². The number of hydrogen-bond donors (Lipinski definition) is 2. The van der Waals surface area contributed by atoms with Gasteiger partial charge in [-0.15, -0.1) is 11.8 Å². The molecule has 124 valence electrons. The fourth-order valence-electron chi connectivity index (χ4n) is 2.45. The molecule has 1 saturated heterocycles. The molecule has 0 atom stereocenters. The van der Waals surface area contributed by atoms with Crippen LogP contribution in [-0.2, 0) is 14.4 Å². The lowest BCUT2D eigenvalue weighted by Crippen LogP contribution is -2.42. The van der Waals surface area contributed by atoms with Gasteiger partial charge in [-0.1, -0.05) is 18.2 Å². The summed E-state index contributed by atoms with van der Waals surface area (Å²) in [4.78, 5) is 36.7. The van der Waals surface area contributed by atoms with Gasteiger partial charge < -0.3 is 16.0 Å². The highest BCUT2D eigenvalue weighted by Gasteiger charge is 2.25. The summed E-state index contributed by atoms with van der Waals surface area (Å²) in [7, 11) is 0. The second-order valence-electron chi connectivity index (χ2n) is 5.46. The van der Waals surface area contributed by atoms with Gasteiger partial charge >= 0.3 is 0 Å². The first-order valence-electron chi connectivity index (χ1n) is 7.56. The Balaban J connectivity index is 1.65. The standard InChI is InChI=1S/C16H21N3O3S/c17-16(22)12-6-8-19(9-7-12)15(21)11-23-10-14(20)18-13-4-2-1-3-5-13/h1-5,12H,6-11H2,(H2,17,22)(H,18,20). The number of nitrogens with one attached hydrogen (secondary N) is 1. The molecule has 7 heteroatoms. The maximum Gasteiger partial charge on any atom is 0.234 e. The normalized spacial score (nSPS) is 15.2. The van der Waals surface area contributed by atoms with Crippen LogP contribution in [0, 0.1) is 5.92 Å². The molecule has 0 saturated carbocycles. The summed E-state index contributed by atoms with van der Waals surface area (Å²) in [5.74, 6) is -0.0266. The summed E-state index contributed by atoms with van der Waals surface area (Å²) in [5.41, 5.74) is 6.02. The maximum atomic E-state index is 12.1. The lowest BCUT2D eigenvalue weighted by molar-refractivity contribution is -0.132. The number of thioether (sulfide) groups is 1. The first-order valence-corrected chi connectivity index (χ1v) is 8.71. The average molecular weight is 335 g/mol. The van der Waals surface area contributed by atoms with E-state index >= 15 is 0 Å². The predicted molar refractivity (Wildman–Crippen MR) is 90.9 cm³/mol. The van der Waals surface area contributed by atoms with Crippen molar-refractivity contribution in [2.75, 3.05) is 29.9 Å². The van der Waals surface area contributed by atoms with Gasteiger partial charge in [-0.25, -0.2) is 0 Å². The van der Waals surface area contributed by atoms with Gasteiger partial charge in [0.25, 0.3) is 0 Å². The lowest BCUT2D eigenvalue weighted by Gasteiger charge is -2.30. The Morgan fingerprint density at radius 3 is 2.39 bits per heavy atom. The molecule has 3 amide bonds. The molecule has 1 aromatic carbocycles. The van der Waals surface area contributed by atoms with E-state index in [2.05, 4.69) is 5.32 Å². The minimum atomic E-state index is -0.288. The van der Waals surface area contributed by atoms with Crippen molar-refractivity contribution >= 4 is 35.2 Å². The zero-order valence-electron chi connectivity index (χ0n) is 12.9. The Hall–Kier alpha value is -2.02. The molecular weight excluding hydrogens is 314 g/mol. The van der Waals surface area contributed by atoms with Gasteiger partial charge in [-0.2, -0.15) is 0 Å². The van der Waals surface area contributed by atoms with Crippen molar-refractivity contribution in [1.82, 2.24) is 4.90 Å². The Kier molecular flexibility index (Phi) is 6.46. The van der Waals surface area contributed by atoms with Crippen LogP contribution in [0.1, 0.15) is 12.8 Å². The number of carbonyl (C=O) groups excluding carboxylic acids is 3. The fraction of sp³-hybridized carbons (Fsp3) is 0.438. The van der Waals surface area contributed by atoms with Crippen molar-refractivity contribution in [2.45, 2.75) is 12.8 Å². The molecule has 0 bridgehead atoms. The van der Waals surface area contributed by atoms with E-state index in [0.29, 0.717) is 25.9 Å². The third-order valence-electron chi connectivity index (χ3n) is 3.77. The van der Waals surface area contributed by atoms with Crippen LogP contribution in [0.2, 0.25) is 0 Å². The molecule has 0 aromatic heterocycles. The molecule has 1 aliphatic rings. The van der Waals surface area contributed by atoms with Crippen molar-refractivity contribution in [3.63, 3.8) is 0 Å². The number of carbonyl (C=O) groups is 3. The minimum Gasteiger partial charge on any atom is -0.369 e. The third-order valence-corrected chi connectivity index (χ3v) is 4.68. The number of amides is 3. The van der Waals surface area contributed by atoms with Gasteiger partial charge in [-0.3, -0.25) is 14.4 Å². The smallest absolute Gasteiger partial charge is 0.234 e. The number of benzene rings is 1. The van der Waals surface area contributed by atoms with E-state index in [-0.39, 0.29) is 35.1 Å². The quantitative estimate of drug-likeness (QED) is 0.814. The fourth-order valence-corrected chi connectivity index (χ4v) is 3.17. The topological polar surface area (TPSA) is 92.5 Å². The monoisotopic (exact) mass is 335 g/mol. The molecule has 2 rings (SSSR count). The Bertz CT molecular complexity index is 557. The summed E-state index contributed by atoms with van der Waals surface area (Å²) in [6, 6.07) is 9.21. The van der Waals surface area contributed by atoms with Crippen LogP contribution in [0.5, 0.6) is 0 Å². The zero-order chi connectivity index (χ0) is 16.7. The van der Waals surface area contributed by atoms with Crippen molar-refractivity contribution in [1.29, 1.82) is 0 Å². The van der Waals surface area contributed by atoms with Crippen molar-refractivity contribution < 1.29 is 14.4 Å². The van der Waals surface area contributed by atoms with Crippen molar-refractivity contribution in [3.05, 3.63) is 30.3 Å². The number of nitrogens with two attached hydrogens (primary N) is 1. The van der Waals surface area contributed by atoms with Gasteiger partial charge in [0, 0.05) is 24.7 Å². The molecule has 0 spiro atoms. The van der Waals surface area contributed by atoms with E-state index in [4.69, 9.17) is 5.73 Å². The predicted octanol–water partition coefficient (Wildman–Crippen LogP) is 1.08. The number of primary amides is 1. The Labute approximate surface area is 139 Å². The van der Waals surface area contributed by atoms with E-state index in [1.54, 1.807) is 4.90 Å². The van der Waals surface area contributed by atoms with E-state index < -0.39 is 0 Å². The van der Waals surface area contributed by atoms with E-state index in [1.807, 2.05) is 30.3 Å². The molecule has 23 heavy (non-hydrogen) atoms. The average Bonchev–Trinajstić information content (AvgIpc) is 2.55. The molecule has 0 unspecified atom stereocenters. The van der Waals surface area contributed by atoms with Crippen LogP contribution in [0.3, 0.4) is 0 Å². The number of piperidine rings is 1. The van der Waals surface area contributed by atoms with Crippen LogP contribution in [-0.4, -0.2) is 47.2 Å². The largest absolute Gasteiger partial charge is 0.369 e. The van der Waals surface area contributed by atoms with Crippen LogP contribution in [0.4, 0.5) is 5.69 Å². The summed E-state index contributed by atoms with van der Waals surface area (Å²) >= 11 is 1.29. The summed E-state index contributed by atoms with van der Waals surface area (Å²) in [6.45, 7) is 1.12. The van der Waals surface area contributed by atoms with E-state index in [0.717, 1.165) is 5.69 Å². The second kappa shape index (κ2) is 8.57. The molecule has 1 aromatic rings. The van der Waals surface area contributed by atoms with Gasteiger partial charge in [0.1, 0.15) is 0 Å². The maximum absolute atomic E-state index is 12.1. The molecule has 1 aliphatic heterocycles. The number of likely N-dealkylation sites (tertiary alicyclic amines) is 1. The zero-order valence-corrected chi connectivity index (χ0v) is 13.7. The highest BCUT2D eigenvalue weighted by atomic mass is 32.2. The molecule has 3 N–H and O–H groups in total. The molecular formula is C16H21N3O3S. The molecule has 0 aliphatic carbocycles. The van der Waals surface area contributed by atoms with Gasteiger partial charge in [0.15, 0.2) is 0 Å². The Morgan fingerprint density at radius 2 is 1.78 bits per heavy atom. The first-order chi connectivity index (χ1) is 11.1. The summed E-state index contributed by atoms with van der Waals surface area (Å²) < 4.78 is 0. The molecule has 0 radical (unpaired) electrons. The first kappa shape index (κ1) is 17.3. The molecule has 1 heterocycles. The van der Waals surface area contributed by atoms with Crippen LogP contribution < -0.4 is 11.1 Å². The van der Waals surface area contributed by atoms with Crippen LogP contribution >= 0.6 is 11.8 Å². The van der Waals surface area contributed by atoms with Gasteiger partial charge in [0.05, 0.1) is 11.5 Å². The van der Waals surface area contributed by atoms with Crippen molar-refractivity contribution in [2.24, 2.45) is 11.7 Å². The number of rotatable bonds is 6. The highest BCUT2D eigenvalue weighted by Crippen LogP contribution is 2.17. The molecule has 1 fully saturated rings. The number of anilines is 1. The van der Waals surface area contributed by atoms with Crippen LogP contribution in [0.15, 0.2) is 30.3 Å². The summed E-state index contributed by atoms with van der Waals surface area (Å²) in [6.07, 6.45) is 1.25. The lowest BCUT2D eigenvalue weighted by atomic mass is 9.96. The summed E-state index contributed by atoms with van der Waals surface area (Å²) in [5, 5.41) is 2.78. The second-order valence-corrected chi connectivity index (χ2v) is 6.45. The highest BCUT2D eigenvalue weighted by molar-refractivity contribution is 8.00. The Morgan fingerprint density at radius 1 is 1.13 bits per heavy atom. The van der Waals surface area contributed by atoms with E-state index in [1.165, 1.54) is 11.8 Å². The molecule has 6 nitrogen and oxygen atoms in total. The van der Waals surface area contributed by atoms with Gasteiger partial charge in [-0.05, 0) is 25.0 Å². The third kappa shape index (κ3) is 5.59. The SMILES string of the molecule is NC(=O)C1CCN(C(=O)CSCC(=O)Nc2ccccc2)CC1. The minimum absolute atomic E-state index is 0.00503.